The molecule has 116 valence electrons. The van der Waals surface area contributed by atoms with E-state index in [9.17, 15) is 4.79 Å². The number of nitrogens with one attached hydrogen (secondary N) is 1. The molecule has 2 heterocycles. The summed E-state index contributed by atoms with van der Waals surface area (Å²) >= 11 is 2.16. The molecule has 1 saturated carbocycles. The van der Waals surface area contributed by atoms with Gasteiger partial charge in [0.1, 0.15) is 15.8 Å². The van der Waals surface area contributed by atoms with Crippen molar-refractivity contribution in [3.63, 3.8) is 0 Å². The van der Waals surface area contributed by atoms with E-state index in [0.717, 1.165) is 40.5 Å². The van der Waals surface area contributed by atoms with Crippen LogP contribution < -0.4 is 11.1 Å². The van der Waals surface area contributed by atoms with Crippen molar-refractivity contribution < 1.29 is 4.79 Å². The first-order valence-electron chi connectivity index (χ1n) is 7.14. The maximum atomic E-state index is 11.4. The van der Waals surface area contributed by atoms with Crippen LogP contribution in [0, 0.1) is 9.62 Å². The SMILES string of the molecule is C=CC(=O)NC1CCC(Cn2nc(I)c3c(N)ncnc32)C1. The van der Waals surface area contributed by atoms with E-state index < -0.39 is 0 Å². The van der Waals surface area contributed by atoms with Gasteiger partial charge >= 0.3 is 0 Å². The zero-order chi connectivity index (χ0) is 15.7. The van der Waals surface area contributed by atoms with E-state index >= 15 is 0 Å². The number of anilines is 1. The summed E-state index contributed by atoms with van der Waals surface area (Å²) in [6.45, 7) is 4.26. The molecular formula is C14H17IN6O. The Kier molecular flexibility index (Phi) is 4.27. The molecule has 1 fully saturated rings. The third-order valence-electron chi connectivity index (χ3n) is 4.02. The van der Waals surface area contributed by atoms with E-state index in [-0.39, 0.29) is 11.9 Å². The summed E-state index contributed by atoms with van der Waals surface area (Å²) < 4.78 is 2.72. The van der Waals surface area contributed by atoms with Crippen molar-refractivity contribution in [3.8, 4) is 0 Å². The first-order chi connectivity index (χ1) is 10.6. The highest BCUT2D eigenvalue weighted by Gasteiger charge is 2.27. The van der Waals surface area contributed by atoms with Gasteiger partial charge in [-0.2, -0.15) is 5.10 Å². The number of hydrogen-bond donors (Lipinski definition) is 2. The number of rotatable bonds is 4. The van der Waals surface area contributed by atoms with Crippen molar-refractivity contribution in [2.45, 2.75) is 31.8 Å². The molecule has 0 bridgehead atoms. The molecule has 2 atom stereocenters. The lowest BCUT2D eigenvalue weighted by molar-refractivity contribution is -0.117. The Bertz CT molecular complexity index is 727. The topological polar surface area (TPSA) is 98.7 Å². The maximum absolute atomic E-state index is 11.4. The molecule has 0 radical (unpaired) electrons. The summed E-state index contributed by atoms with van der Waals surface area (Å²) in [5.74, 6) is 0.818. The van der Waals surface area contributed by atoms with Gasteiger partial charge in [-0.3, -0.25) is 4.79 Å². The third kappa shape index (κ3) is 2.92. The van der Waals surface area contributed by atoms with Gasteiger partial charge in [-0.15, -0.1) is 0 Å². The molecule has 1 aliphatic rings. The largest absolute Gasteiger partial charge is 0.383 e. The highest BCUT2D eigenvalue weighted by atomic mass is 127. The second-order valence-corrected chi connectivity index (χ2v) is 6.54. The zero-order valence-electron chi connectivity index (χ0n) is 12.0. The summed E-state index contributed by atoms with van der Waals surface area (Å²) in [7, 11) is 0. The Morgan fingerprint density at radius 2 is 2.36 bits per heavy atom. The second-order valence-electron chi connectivity index (χ2n) is 5.52. The standard InChI is InChI=1S/C14H17IN6O/c1-2-10(22)19-9-4-3-8(5-9)6-21-14-11(12(15)20-21)13(16)17-7-18-14/h2,7-9H,1,3-6H2,(H,19,22)(H2,16,17,18). The average molecular weight is 412 g/mol. The number of carbonyl (C=O) groups is 1. The van der Waals surface area contributed by atoms with Gasteiger partial charge in [0.05, 0.1) is 5.39 Å². The summed E-state index contributed by atoms with van der Waals surface area (Å²) in [6.07, 6.45) is 5.76. The smallest absolute Gasteiger partial charge is 0.243 e. The number of nitrogens with zero attached hydrogens (tertiary/aromatic N) is 4. The van der Waals surface area contributed by atoms with Crippen molar-refractivity contribution >= 4 is 45.3 Å². The van der Waals surface area contributed by atoms with E-state index in [1.165, 1.54) is 12.4 Å². The Morgan fingerprint density at radius 1 is 1.55 bits per heavy atom. The lowest BCUT2D eigenvalue weighted by atomic mass is 10.1. The van der Waals surface area contributed by atoms with Gasteiger partial charge in [0.2, 0.25) is 5.91 Å². The predicted molar refractivity (Wildman–Crippen MR) is 91.9 cm³/mol. The fourth-order valence-corrected chi connectivity index (χ4v) is 3.77. The van der Waals surface area contributed by atoms with Crippen LogP contribution in [0.3, 0.4) is 0 Å². The molecule has 7 nitrogen and oxygen atoms in total. The van der Waals surface area contributed by atoms with Gasteiger partial charge < -0.3 is 11.1 Å². The van der Waals surface area contributed by atoms with Gasteiger partial charge in [-0.05, 0) is 53.8 Å². The number of aromatic nitrogens is 4. The minimum absolute atomic E-state index is 0.106. The Morgan fingerprint density at radius 3 is 3.14 bits per heavy atom. The van der Waals surface area contributed by atoms with Crippen molar-refractivity contribution in [2.75, 3.05) is 5.73 Å². The predicted octanol–water partition coefficient (Wildman–Crippen LogP) is 1.48. The van der Waals surface area contributed by atoms with Crippen molar-refractivity contribution in [1.29, 1.82) is 0 Å². The molecule has 2 aromatic heterocycles. The Hall–Kier alpha value is -1.71. The molecule has 0 saturated heterocycles. The van der Waals surface area contributed by atoms with Crippen LogP contribution in [0.15, 0.2) is 19.0 Å². The molecule has 1 aliphatic carbocycles. The maximum Gasteiger partial charge on any atom is 0.243 e. The first kappa shape index (κ1) is 15.2. The minimum Gasteiger partial charge on any atom is -0.383 e. The van der Waals surface area contributed by atoms with Crippen molar-refractivity contribution in [3.05, 3.63) is 22.7 Å². The van der Waals surface area contributed by atoms with E-state index in [4.69, 9.17) is 5.73 Å². The average Bonchev–Trinajstić information content (AvgIpc) is 3.05. The van der Waals surface area contributed by atoms with Gasteiger partial charge in [0, 0.05) is 12.6 Å². The number of nitrogens with two attached hydrogens (primary N) is 1. The summed E-state index contributed by atoms with van der Waals surface area (Å²) in [5, 5.41) is 8.31. The van der Waals surface area contributed by atoms with Crippen LogP contribution in [0.4, 0.5) is 5.82 Å². The highest BCUT2D eigenvalue weighted by Crippen LogP contribution is 2.29. The number of amides is 1. The van der Waals surface area contributed by atoms with Crippen LogP contribution in [0.25, 0.3) is 11.0 Å². The molecule has 8 heteroatoms. The van der Waals surface area contributed by atoms with Gasteiger partial charge in [0.25, 0.3) is 0 Å². The molecule has 0 aromatic carbocycles. The lowest BCUT2D eigenvalue weighted by Gasteiger charge is -2.12. The van der Waals surface area contributed by atoms with Crippen LogP contribution in [-0.4, -0.2) is 31.7 Å². The van der Waals surface area contributed by atoms with E-state index in [1.807, 2.05) is 4.68 Å². The number of nitrogen functional groups attached to an aromatic ring is 1. The molecule has 22 heavy (non-hydrogen) atoms. The van der Waals surface area contributed by atoms with Gasteiger partial charge in [-0.25, -0.2) is 14.6 Å². The summed E-state index contributed by atoms with van der Waals surface area (Å²) in [4.78, 5) is 19.7. The fraction of sp³-hybridized carbons (Fsp3) is 0.429. The number of carbonyl (C=O) groups excluding carboxylic acids is 1. The first-order valence-corrected chi connectivity index (χ1v) is 8.21. The van der Waals surface area contributed by atoms with Crippen LogP contribution >= 0.6 is 22.6 Å². The van der Waals surface area contributed by atoms with Gasteiger partial charge in [-0.1, -0.05) is 6.58 Å². The van der Waals surface area contributed by atoms with Crippen LogP contribution in [0.5, 0.6) is 0 Å². The molecule has 0 spiro atoms. The lowest BCUT2D eigenvalue weighted by Crippen LogP contribution is -2.31. The number of hydrogen-bond acceptors (Lipinski definition) is 5. The molecule has 1 amide bonds. The van der Waals surface area contributed by atoms with Gasteiger partial charge in [0.15, 0.2) is 5.65 Å². The quantitative estimate of drug-likeness (QED) is 0.586. The molecular weight excluding hydrogens is 395 g/mol. The minimum atomic E-state index is -0.106. The zero-order valence-corrected chi connectivity index (χ0v) is 14.2. The van der Waals surface area contributed by atoms with Crippen LogP contribution in [0.2, 0.25) is 0 Å². The number of halogens is 1. The third-order valence-corrected chi connectivity index (χ3v) is 4.78. The Balaban J connectivity index is 1.74. The summed E-state index contributed by atoms with van der Waals surface area (Å²) in [5.41, 5.74) is 6.68. The molecule has 3 rings (SSSR count). The molecule has 0 aliphatic heterocycles. The summed E-state index contributed by atoms with van der Waals surface area (Å²) in [6, 6.07) is 0.219. The molecule has 2 aromatic rings. The fourth-order valence-electron chi connectivity index (χ4n) is 2.99. The number of fused-ring (bicyclic) bond motifs is 1. The monoisotopic (exact) mass is 412 g/mol. The molecule has 2 unspecified atom stereocenters. The van der Waals surface area contributed by atoms with E-state index in [2.05, 4.69) is 49.6 Å². The van der Waals surface area contributed by atoms with Crippen molar-refractivity contribution in [1.82, 2.24) is 25.1 Å². The van der Waals surface area contributed by atoms with Crippen LogP contribution in [-0.2, 0) is 11.3 Å². The van der Waals surface area contributed by atoms with E-state index in [0.29, 0.717) is 11.7 Å². The second kappa shape index (κ2) is 6.19. The Labute approximate surface area is 141 Å². The normalized spacial score (nSPS) is 21.1. The van der Waals surface area contributed by atoms with Crippen molar-refractivity contribution in [2.24, 2.45) is 5.92 Å². The van der Waals surface area contributed by atoms with E-state index in [1.54, 1.807) is 0 Å². The van der Waals surface area contributed by atoms with Crippen LogP contribution in [0.1, 0.15) is 19.3 Å². The molecule has 3 N–H and O–H groups in total. The highest BCUT2D eigenvalue weighted by molar-refractivity contribution is 14.1.